The van der Waals surface area contributed by atoms with Gasteiger partial charge >= 0.3 is 5.97 Å². The van der Waals surface area contributed by atoms with Crippen molar-refractivity contribution in [2.45, 2.75) is 12.8 Å². The van der Waals surface area contributed by atoms with Crippen LogP contribution in [0.1, 0.15) is 12.8 Å². The van der Waals surface area contributed by atoms with Gasteiger partial charge in [-0.15, -0.1) is 0 Å². The second-order valence-corrected chi connectivity index (χ2v) is 7.18. The first-order valence-corrected chi connectivity index (χ1v) is 9.20. The summed E-state index contributed by atoms with van der Waals surface area (Å²) in [5.41, 5.74) is 1.32. The molecule has 0 aliphatic carbocycles. The maximum atomic E-state index is 14.5. The quantitative estimate of drug-likeness (QED) is 0.696. The highest BCUT2D eigenvalue weighted by Gasteiger charge is 2.28. The van der Waals surface area contributed by atoms with E-state index in [1.165, 1.54) is 24.5 Å². The van der Waals surface area contributed by atoms with Gasteiger partial charge in [-0.05, 0) is 42.2 Å². The van der Waals surface area contributed by atoms with E-state index in [1.54, 1.807) is 12.1 Å². The molecule has 1 atom stereocenters. The molecule has 4 rings (SSSR count). The second-order valence-electron chi connectivity index (χ2n) is 6.77. The fourth-order valence-electron chi connectivity index (χ4n) is 3.64. The molecular formula is C20H16ClF2N3O2. The first kappa shape index (κ1) is 18.6. The molecule has 1 aliphatic rings. The van der Waals surface area contributed by atoms with E-state index in [-0.39, 0.29) is 17.1 Å². The van der Waals surface area contributed by atoms with Crippen LogP contribution in [0.25, 0.3) is 22.0 Å². The zero-order valence-electron chi connectivity index (χ0n) is 14.7. The van der Waals surface area contributed by atoms with Crippen molar-refractivity contribution in [3.8, 4) is 11.1 Å². The molecule has 0 unspecified atom stereocenters. The highest BCUT2D eigenvalue weighted by molar-refractivity contribution is 6.31. The Bertz CT molecular complexity index is 1080. The smallest absolute Gasteiger partial charge is 0.308 e. The van der Waals surface area contributed by atoms with Crippen LogP contribution in [0.2, 0.25) is 5.02 Å². The van der Waals surface area contributed by atoms with Gasteiger partial charge < -0.3 is 10.0 Å². The molecular weight excluding hydrogens is 388 g/mol. The summed E-state index contributed by atoms with van der Waals surface area (Å²) in [5, 5.41) is 9.79. The number of benzene rings is 2. The number of carboxylic acid groups (broad SMARTS) is 1. The van der Waals surface area contributed by atoms with Gasteiger partial charge in [-0.3, -0.25) is 4.79 Å². The Hall–Kier alpha value is -2.80. The molecule has 8 heteroatoms. The summed E-state index contributed by atoms with van der Waals surface area (Å²) in [6.45, 7) is 0.887. The summed E-state index contributed by atoms with van der Waals surface area (Å²) in [6.07, 6.45) is 2.55. The fourth-order valence-corrected chi connectivity index (χ4v) is 3.82. The Labute approximate surface area is 164 Å². The number of rotatable bonds is 3. The van der Waals surface area contributed by atoms with E-state index < -0.39 is 23.5 Å². The van der Waals surface area contributed by atoms with Crippen LogP contribution in [0.15, 0.2) is 36.7 Å². The molecule has 1 aromatic heterocycles. The summed E-state index contributed by atoms with van der Waals surface area (Å²) >= 11 is 5.93. The summed E-state index contributed by atoms with van der Waals surface area (Å²) in [4.78, 5) is 21.7. The topological polar surface area (TPSA) is 66.3 Å². The monoisotopic (exact) mass is 403 g/mol. The minimum atomic E-state index is -0.861. The number of carbonyl (C=O) groups is 1. The summed E-state index contributed by atoms with van der Waals surface area (Å²) in [6, 6.07) is 7.14. The Morgan fingerprint density at radius 3 is 2.71 bits per heavy atom. The van der Waals surface area contributed by atoms with Gasteiger partial charge in [0.2, 0.25) is 0 Å². The van der Waals surface area contributed by atoms with E-state index in [0.29, 0.717) is 41.7 Å². The molecule has 3 aromatic rings. The largest absolute Gasteiger partial charge is 0.481 e. The van der Waals surface area contributed by atoms with Gasteiger partial charge in [0, 0.05) is 13.1 Å². The van der Waals surface area contributed by atoms with Gasteiger partial charge in [-0.2, -0.15) is 0 Å². The lowest BCUT2D eigenvalue weighted by Gasteiger charge is -2.32. The van der Waals surface area contributed by atoms with Crippen molar-refractivity contribution in [1.29, 1.82) is 0 Å². The average Bonchev–Trinajstić information content (AvgIpc) is 2.70. The number of aliphatic carboxylic acids is 1. The fraction of sp³-hybridized carbons (Fsp3) is 0.250. The minimum Gasteiger partial charge on any atom is -0.481 e. The highest BCUT2D eigenvalue weighted by Crippen LogP contribution is 2.37. The van der Waals surface area contributed by atoms with Crippen LogP contribution in [0.4, 0.5) is 14.6 Å². The zero-order chi connectivity index (χ0) is 19.8. The van der Waals surface area contributed by atoms with E-state index in [4.69, 9.17) is 11.6 Å². The molecule has 0 amide bonds. The van der Waals surface area contributed by atoms with Crippen molar-refractivity contribution in [3.05, 3.63) is 53.3 Å². The van der Waals surface area contributed by atoms with E-state index in [2.05, 4.69) is 9.97 Å². The summed E-state index contributed by atoms with van der Waals surface area (Å²) < 4.78 is 28.1. The maximum absolute atomic E-state index is 14.5. The number of halogens is 3. The lowest BCUT2D eigenvalue weighted by molar-refractivity contribution is -0.141. The number of anilines is 1. The Kier molecular flexibility index (Phi) is 4.85. The predicted molar refractivity (Wildman–Crippen MR) is 102 cm³/mol. The van der Waals surface area contributed by atoms with Gasteiger partial charge in [-0.25, -0.2) is 18.7 Å². The molecule has 1 aliphatic heterocycles. The molecule has 0 saturated carbocycles. The van der Waals surface area contributed by atoms with Crippen molar-refractivity contribution >= 4 is 34.3 Å². The van der Waals surface area contributed by atoms with E-state index in [9.17, 15) is 18.7 Å². The van der Waals surface area contributed by atoms with E-state index in [0.717, 1.165) is 0 Å². The molecule has 0 bridgehead atoms. The van der Waals surface area contributed by atoms with Crippen molar-refractivity contribution in [3.63, 3.8) is 0 Å². The number of hydrogen-bond donors (Lipinski definition) is 1. The van der Waals surface area contributed by atoms with Crippen LogP contribution in [0, 0.1) is 17.6 Å². The maximum Gasteiger partial charge on any atom is 0.308 e. The lowest BCUT2D eigenvalue weighted by Crippen LogP contribution is -2.39. The van der Waals surface area contributed by atoms with Crippen LogP contribution in [-0.4, -0.2) is 34.1 Å². The predicted octanol–water partition coefficient (Wildman–Crippen LogP) is 4.53. The van der Waals surface area contributed by atoms with Crippen molar-refractivity contribution in [2.75, 3.05) is 18.0 Å². The number of fused-ring (bicyclic) bond motifs is 1. The molecule has 1 N–H and O–H groups in total. The number of carboxylic acids is 1. The lowest BCUT2D eigenvalue weighted by atomic mass is 9.96. The normalized spacial score (nSPS) is 17.1. The van der Waals surface area contributed by atoms with Gasteiger partial charge in [0.05, 0.1) is 16.3 Å². The Morgan fingerprint density at radius 1 is 1.18 bits per heavy atom. The SMILES string of the molecule is O=C(O)[C@H]1CCCN(c2ncnc3c(F)ccc(-c4ccc(F)c(Cl)c4)c23)C1. The molecule has 1 saturated heterocycles. The molecule has 28 heavy (non-hydrogen) atoms. The molecule has 1 fully saturated rings. The third-order valence-electron chi connectivity index (χ3n) is 5.02. The Balaban J connectivity index is 1.91. The van der Waals surface area contributed by atoms with Crippen LogP contribution in [0.5, 0.6) is 0 Å². The first-order valence-electron chi connectivity index (χ1n) is 8.82. The number of piperidine rings is 1. The molecule has 0 radical (unpaired) electrons. The van der Waals surface area contributed by atoms with E-state index in [1.807, 2.05) is 4.90 Å². The van der Waals surface area contributed by atoms with E-state index >= 15 is 0 Å². The van der Waals surface area contributed by atoms with Crippen molar-refractivity contribution in [1.82, 2.24) is 9.97 Å². The second kappa shape index (κ2) is 7.31. The van der Waals surface area contributed by atoms with Crippen molar-refractivity contribution in [2.24, 2.45) is 5.92 Å². The molecule has 144 valence electrons. The third-order valence-corrected chi connectivity index (χ3v) is 5.31. The summed E-state index contributed by atoms with van der Waals surface area (Å²) in [5.74, 6) is -1.97. The standard InChI is InChI=1S/C20H16ClF2N3O2/c21-14-8-11(3-5-15(14)22)13-4-6-16(23)18-17(13)19(25-10-24-18)26-7-1-2-12(9-26)20(27)28/h3-6,8,10,12H,1-2,7,9H2,(H,27,28)/t12-/m0/s1. The number of hydrogen-bond acceptors (Lipinski definition) is 4. The van der Waals surface area contributed by atoms with Crippen molar-refractivity contribution < 1.29 is 18.7 Å². The van der Waals surface area contributed by atoms with Gasteiger partial charge in [0.25, 0.3) is 0 Å². The Morgan fingerprint density at radius 2 is 1.96 bits per heavy atom. The molecule has 5 nitrogen and oxygen atoms in total. The van der Waals surface area contributed by atoms with Gasteiger partial charge in [0.15, 0.2) is 0 Å². The van der Waals surface area contributed by atoms with Gasteiger partial charge in [0.1, 0.15) is 29.3 Å². The van der Waals surface area contributed by atoms with Crippen LogP contribution in [-0.2, 0) is 4.79 Å². The van der Waals surface area contributed by atoms with Gasteiger partial charge in [-0.1, -0.05) is 23.7 Å². The molecule has 2 heterocycles. The van der Waals surface area contributed by atoms with Crippen LogP contribution in [0.3, 0.4) is 0 Å². The summed E-state index contributed by atoms with van der Waals surface area (Å²) in [7, 11) is 0. The first-order chi connectivity index (χ1) is 13.5. The number of nitrogens with zero attached hydrogens (tertiary/aromatic N) is 3. The minimum absolute atomic E-state index is 0.0442. The number of aromatic nitrogens is 2. The molecule has 2 aromatic carbocycles. The average molecular weight is 404 g/mol. The third kappa shape index (κ3) is 3.26. The highest BCUT2D eigenvalue weighted by atomic mass is 35.5. The van der Waals surface area contributed by atoms with Crippen LogP contribution >= 0.6 is 11.6 Å². The van der Waals surface area contributed by atoms with Crippen LogP contribution < -0.4 is 4.90 Å². The zero-order valence-corrected chi connectivity index (χ0v) is 15.5. The molecule has 0 spiro atoms.